The summed E-state index contributed by atoms with van der Waals surface area (Å²) in [6.07, 6.45) is 10.0. The highest BCUT2D eigenvalue weighted by atomic mass is 16.5. The molecular weight excluding hydrogens is 540 g/mol. The molecule has 1 saturated heterocycles. The first-order valence-corrected chi connectivity index (χ1v) is 17.8. The molecule has 1 aliphatic heterocycles. The highest BCUT2D eigenvalue weighted by Crippen LogP contribution is 2.31. The lowest BCUT2D eigenvalue weighted by Gasteiger charge is -2.29. The Balaban J connectivity index is 0.00000165. The number of ether oxygens (including phenoxy) is 1. The van der Waals surface area contributed by atoms with E-state index in [9.17, 15) is 4.79 Å². The van der Waals surface area contributed by atoms with Crippen LogP contribution in [0.15, 0.2) is 35.3 Å². The summed E-state index contributed by atoms with van der Waals surface area (Å²) in [5.74, 6) is 1.39. The molecule has 0 N–H and O–H groups in total. The standard InChI is InChI=1S/C30H40N2O2.C4H10.3C2H6/c1-20-17-21(2)29(19-28(20)22(3)31-4)30(33)24-7-6-8-25-18-27(12-11-23(25)9-10-24)34-26-13-15-32(5)16-14-26;1-3-4-2;3*1-2/h11-12,17-19,24,26H,6-10,13-16H2,1-5H3;3-4H2,1-2H3;3*1-2H3. The number of nitrogens with zero attached hydrogens (tertiary/aromatic N) is 2. The fraction of sp³-hybridized carbons (Fsp3) is 0.650. The lowest BCUT2D eigenvalue weighted by atomic mass is 9.81. The zero-order valence-electron chi connectivity index (χ0n) is 31.0. The number of hydrogen-bond donors (Lipinski definition) is 0. The molecular formula is C40H68N2O2. The molecule has 0 spiro atoms. The number of piperidine rings is 1. The Labute approximate surface area is 273 Å². The van der Waals surface area contributed by atoms with Crippen LogP contribution in [0.1, 0.15) is 145 Å². The number of carbonyl (C=O) groups is 1. The van der Waals surface area contributed by atoms with Crippen molar-refractivity contribution in [2.24, 2.45) is 10.9 Å². The molecule has 0 aromatic heterocycles. The number of fused-ring (bicyclic) bond motifs is 1. The lowest BCUT2D eigenvalue weighted by Crippen LogP contribution is -2.35. The van der Waals surface area contributed by atoms with Crippen LogP contribution in [0, 0.1) is 19.8 Å². The van der Waals surface area contributed by atoms with E-state index in [2.05, 4.69) is 75.0 Å². The molecule has 1 fully saturated rings. The van der Waals surface area contributed by atoms with Gasteiger partial charge in [-0.3, -0.25) is 9.79 Å². The maximum Gasteiger partial charge on any atom is 0.166 e. The van der Waals surface area contributed by atoms with Crippen LogP contribution in [-0.2, 0) is 12.8 Å². The molecule has 4 nitrogen and oxygen atoms in total. The molecule has 1 atom stereocenters. The monoisotopic (exact) mass is 609 g/mol. The third kappa shape index (κ3) is 13.3. The zero-order chi connectivity index (χ0) is 33.7. The van der Waals surface area contributed by atoms with E-state index in [4.69, 9.17) is 4.74 Å². The van der Waals surface area contributed by atoms with Gasteiger partial charge in [0.1, 0.15) is 11.9 Å². The number of hydrogen-bond acceptors (Lipinski definition) is 4. The van der Waals surface area contributed by atoms with Crippen molar-refractivity contribution in [3.8, 4) is 5.75 Å². The minimum absolute atomic E-state index is 0.0800. The van der Waals surface area contributed by atoms with Crippen LogP contribution in [0.4, 0.5) is 0 Å². The number of rotatable bonds is 6. The predicted octanol–water partition coefficient (Wildman–Crippen LogP) is 10.9. The van der Waals surface area contributed by atoms with E-state index >= 15 is 0 Å². The Morgan fingerprint density at radius 1 is 0.818 bits per heavy atom. The fourth-order valence-corrected chi connectivity index (χ4v) is 5.57. The number of aryl methyl sites for hydroxylation is 4. The zero-order valence-corrected chi connectivity index (χ0v) is 31.0. The maximum absolute atomic E-state index is 13.6. The van der Waals surface area contributed by atoms with Crippen LogP contribution in [0.25, 0.3) is 0 Å². The Kier molecular flexibility index (Phi) is 22.5. The molecule has 0 bridgehead atoms. The van der Waals surface area contributed by atoms with Gasteiger partial charge in [0.25, 0.3) is 0 Å². The minimum atomic E-state index is 0.0800. The summed E-state index contributed by atoms with van der Waals surface area (Å²) in [6, 6.07) is 10.9. The van der Waals surface area contributed by atoms with Crippen LogP contribution in [0.3, 0.4) is 0 Å². The third-order valence-corrected chi connectivity index (χ3v) is 8.34. The lowest BCUT2D eigenvalue weighted by molar-refractivity contribution is 0.0903. The molecule has 1 aliphatic carbocycles. The molecule has 1 unspecified atom stereocenters. The second-order valence-corrected chi connectivity index (χ2v) is 11.3. The van der Waals surface area contributed by atoms with E-state index in [1.807, 2.05) is 55.5 Å². The van der Waals surface area contributed by atoms with E-state index in [0.29, 0.717) is 11.9 Å². The molecule has 4 rings (SSSR count). The average molecular weight is 609 g/mol. The smallest absolute Gasteiger partial charge is 0.166 e. The number of ketones is 1. The van der Waals surface area contributed by atoms with Gasteiger partial charge < -0.3 is 9.64 Å². The van der Waals surface area contributed by atoms with Gasteiger partial charge in [-0.2, -0.15) is 0 Å². The second-order valence-electron chi connectivity index (χ2n) is 11.3. The van der Waals surface area contributed by atoms with Crippen molar-refractivity contribution in [2.75, 3.05) is 27.2 Å². The molecule has 2 aliphatic rings. The molecule has 0 saturated carbocycles. The van der Waals surface area contributed by atoms with Gasteiger partial charge in [-0.25, -0.2) is 0 Å². The topological polar surface area (TPSA) is 41.9 Å². The first-order chi connectivity index (χ1) is 21.3. The fourth-order valence-electron chi connectivity index (χ4n) is 5.57. The summed E-state index contributed by atoms with van der Waals surface area (Å²) in [6.45, 7) is 24.8. The van der Waals surface area contributed by atoms with Crippen molar-refractivity contribution in [3.63, 3.8) is 0 Å². The number of aliphatic imine (C=N–C) groups is 1. The summed E-state index contributed by atoms with van der Waals surface area (Å²) in [4.78, 5) is 20.3. The van der Waals surface area contributed by atoms with Gasteiger partial charge in [0, 0.05) is 37.3 Å². The highest BCUT2D eigenvalue weighted by molar-refractivity contribution is 6.05. The molecule has 44 heavy (non-hydrogen) atoms. The number of benzene rings is 2. The van der Waals surface area contributed by atoms with Crippen molar-refractivity contribution in [1.29, 1.82) is 0 Å². The van der Waals surface area contributed by atoms with E-state index in [1.54, 1.807) is 0 Å². The van der Waals surface area contributed by atoms with E-state index in [1.165, 1.54) is 29.5 Å². The van der Waals surface area contributed by atoms with Crippen molar-refractivity contribution in [2.45, 2.75) is 140 Å². The Morgan fingerprint density at radius 3 is 1.98 bits per heavy atom. The van der Waals surface area contributed by atoms with Gasteiger partial charge in [0.15, 0.2) is 5.78 Å². The number of likely N-dealkylation sites (tertiary alicyclic amines) is 1. The Bertz CT molecular complexity index is 1090. The Hall–Kier alpha value is -2.46. The quantitative estimate of drug-likeness (QED) is 0.242. The van der Waals surface area contributed by atoms with Gasteiger partial charge in [-0.1, -0.05) is 80.4 Å². The summed E-state index contributed by atoms with van der Waals surface area (Å²) in [7, 11) is 3.99. The van der Waals surface area contributed by atoms with Gasteiger partial charge >= 0.3 is 0 Å². The molecule has 250 valence electrons. The molecule has 4 heteroatoms. The van der Waals surface area contributed by atoms with Crippen molar-refractivity contribution >= 4 is 11.5 Å². The largest absolute Gasteiger partial charge is 0.490 e. The normalized spacial score (nSPS) is 16.8. The Morgan fingerprint density at radius 2 is 1.41 bits per heavy atom. The highest BCUT2D eigenvalue weighted by Gasteiger charge is 2.25. The summed E-state index contributed by atoms with van der Waals surface area (Å²) >= 11 is 0. The molecule has 0 radical (unpaired) electrons. The SMILES string of the molecule is CC.CC.CC.CCCC.CN=C(C)c1cc(C(=O)C2CCCc3cc(OC4CCN(C)CC4)ccc3CC2)c(C)cc1C. The summed E-state index contributed by atoms with van der Waals surface area (Å²) < 4.78 is 6.33. The molecule has 2 aromatic carbocycles. The first kappa shape index (κ1) is 41.5. The van der Waals surface area contributed by atoms with E-state index < -0.39 is 0 Å². The van der Waals surface area contributed by atoms with Crippen LogP contribution >= 0.6 is 0 Å². The van der Waals surface area contributed by atoms with E-state index in [0.717, 1.165) is 86.2 Å². The second kappa shape index (κ2) is 23.9. The number of Topliss-reactive ketones (excluding diaryl/α,β-unsaturated/α-hetero) is 1. The number of carbonyl (C=O) groups excluding carboxylic acids is 1. The van der Waals surface area contributed by atoms with Crippen LogP contribution in [0.5, 0.6) is 5.75 Å². The molecule has 0 amide bonds. The number of unbranched alkanes of at least 4 members (excludes halogenated alkanes) is 1. The van der Waals surface area contributed by atoms with Crippen molar-refractivity contribution < 1.29 is 9.53 Å². The van der Waals surface area contributed by atoms with Crippen LogP contribution in [-0.4, -0.2) is 49.7 Å². The van der Waals surface area contributed by atoms with Crippen LogP contribution in [0.2, 0.25) is 0 Å². The van der Waals surface area contributed by atoms with Gasteiger partial charge in [0.05, 0.1) is 0 Å². The summed E-state index contributed by atoms with van der Waals surface area (Å²) in [5.41, 5.74) is 7.98. The molecule has 1 heterocycles. The maximum atomic E-state index is 13.6. The van der Waals surface area contributed by atoms with Gasteiger partial charge in [0.2, 0.25) is 0 Å². The van der Waals surface area contributed by atoms with Crippen molar-refractivity contribution in [3.05, 3.63) is 63.7 Å². The first-order valence-electron chi connectivity index (χ1n) is 17.8. The van der Waals surface area contributed by atoms with E-state index in [-0.39, 0.29) is 5.92 Å². The average Bonchev–Trinajstić information content (AvgIpc) is 3.05. The predicted molar refractivity (Wildman–Crippen MR) is 195 cm³/mol. The summed E-state index contributed by atoms with van der Waals surface area (Å²) in [5, 5.41) is 0. The third-order valence-electron chi connectivity index (χ3n) is 8.34. The molecule has 2 aromatic rings. The van der Waals surface area contributed by atoms with Gasteiger partial charge in [-0.05, 0) is 119 Å². The van der Waals surface area contributed by atoms with Crippen LogP contribution < -0.4 is 4.74 Å². The van der Waals surface area contributed by atoms with Gasteiger partial charge in [-0.15, -0.1) is 0 Å². The van der Waals surface area contributed by atoms with Crippen molar-refractivity contribution in [1.82, 2.24) is 4.90 Å². The minimum Gasteiger partial charge on any atom is -0.490 e.